The maximum Gasteiger partial charge on any atom is 0.263 e. The average Bonchev–Trinajstić information content (AvgIpc) is 3.25. The van der Waals surface area contributed by atoms with Crippen molar-refractivity contribution in [2.45, 2.75) is 32.2 Å². The van der Waals surface area contributed by atoms with Crippen LogP contribution in [0.5, 0.6) is 0 Å². The summed E-state index contributed by atoms with van der Waals surface area (Å²) >= 11 is 1.63. The number of carbonyl (C=O) groups is 1. The Morgan fingerprint density at radius 2 is 1.71 bits per heavy atom. The highest BCUT2D eigenvalue weighted by molar-refractivity contribution is 7.18. The van der Waals surface area contributed by atoms with Crippen molar-refractivity contribution in [1.82, 2.24) is 9.55 Å². The number of rotatable bonds is 4. The zero-order chi connectivity index (χ0) is 23.1. The highest BCUT2D eigenvalue weighted by Gasteiger charge is 2.23. The van der Waals surface area contributed by atoms with Crippen LogP contribution in [0.3, 0.4) is 0 Å². The molecule has 168 valence electrons. The van der Waals surface area contributed by atoms with E-state index in [1.165, 1.54) is 4.88 Å². The number of benzene rings is 3. The number of hydrogen-bond acceptors (Lipinski definition) is 4. The first kappa shape index (κ1) is 20.8. The number of thiophene rings is 1. The second-order valence-electron chi connectivity index (χ2n) is 8.66. The van der Waals surface area contributed by atoms with Gasteiger partial charge in [-0.3, -0.25) is 14.2 Å². The molecule has 1 amide bonds. The maximum atomic E-state index is 13.8. The molecule has 0 fully saturated rings. The lowest BCUT2D eigenvalue weighted by atomic mass is 9.97. The van der Waals surface area contributed by atoms with E-state index in [1.807, 2.05) is 72.8 Å². The zero-order valence-electron chi connectivity index (χ0n) is 18.6. The predicted octanol–water partition coefficient (Wildman–Crippen LogP) is 5.80. The summed E-state index contributed by atoms with van der Waals surface area (Å²) in [6, 6.07) is 23.4. The Balaban J connectivity index is 1.45. The summed E-state index contributed by atoms with van der Waals surface area (Å²) in [6.45, 7) is -0.0974. The second-order valence-corrected chi connectivity index (χ2v) is 9.74. The smallest absolute Gasteiger partial charge is 0.263 e. The molecule has 2 aromatic heterocycles. The Labute approximate surface area is 200 Å². The molecule has 0 atom stereocenters. The molecule has 1 aliphatic rings. The minimum absolute atomic E-state index is 0.0974. The molecule has 5 aromatic rings. The number of carbonyl (C=O) groups excluding carboxylic acids is 1. The summed E-state index contributed by atoms with van der Waals surface area (Å²) in [5, 5.41) is 5.73. The SMILES string of the molecule is O=C(Cn1c(-c2ccccc2)nc2sc3c(c2c1=O)CCCC3)Nc1cccc2ccccc12. The lowest BCUT2D eigenvalue weighted by Gasteiger charge is -2.15. The number of fused-ring (bicyclic) bond motifs is 4. The molecule has 5 nitrogen and oxygen atoms in total. The van der Waals surface area contributed by atoms with Gasteiger partial charge in [0.15, 0.2) is 0 Å². The molecule has 3 aromatic carbocycles. The molecule has 0 radical (unpaired) electrons. The molecular weight excluding hydrogens is 442 g/mol. The summed E-state index contributed by atoms with van der Waals surface area (Å²) in [5.41, 5.74) is 2.56. The summed E-state index contributed by atoms with van der Waals surface area (Å²) in [5.74, 6) is 0.283. The first-order chi connectivity index (χ1) is 16.7. The Morgan fingerprint density at radius 1 is 0.941 bits per heavy atom. The third-order valence-corrected chi connectivity index (χ3v) is 7.66. The third-order valence-electron chi connectivity index (χ3n) is 6.47. The first-order valence-electron chi connectivity index (χ1n) is 11.6. The van der Waals surface area contributed by atoms with Crippen LogP contribution in [0, 0.1) is 0 Å². The van der Waals surface area contributed by atoms with Crippen molar-refractivity contribution in [2.75, 3.05) is 5.32 Å². The highest BCUT2D eigenvalue weighted by Crippen LogP contribution is 2.35. The van der Waals surface area contributed by atoms with Crippen molar-refractivity contribution in [3.05, 3.63) is 93.6 Å². The lowest BCUT2D eigenvalue weighted by molar-refractivity contribution is -0.116. The fourth-order valence-electron chi connectivity index (χ4n) is 4.86. The molecule has 0 spiro atoms. The van der Waals surface area contributed by atoms with Gasteiger partial charge in [0.1, 0.15) is 17.2 Å². The van der Waals surface area contributed by atoms with Crippen molar-refractivity contribution >= 4 is 43.9 Å². The van der Waals surface area contributed by atoms with Gasteiger partial charge in [-0.05, 0) is 42.7 Å². The molecular formula is C28H23N3O2S. The van der Waals surface area contributed by atoms with Gasteiger partial charge in [-0.1, -0.05) is 66.7 Å². The van der Waals surface area contributed by atoms with E-state index in [2.05, 4.69) is 5.32 Å². The van der Waals surface area contributed by atoms with Crippen LogP contribution in [0.4, 0.5) is 5.69 Å². The zero-order valence-corrected chi connectivity index (χ0v) is 19.4. The van der Waals surface area contributed by atoms with E-state index >= 15 is 0 Å². The number of aryl methyl sites for hydroxylation is 2. The van der Waals surface area contributed by atoms with Crippen molar-refractivity contribution in [3.8, 4) is 11.4 Å². The van der Waals surface area contributed by atoms with Crippen molar-refractivity contribution in [1.29, 1.82) is 0 Å². The van der Waals surface area contributed by atoms with Crippen LogP contribution in [0.15, 0.2) is 77.6 Å². The Kier molecular flexibility index (Phi) is 5.23. The standard InChI is InChI=1S/C28H23N3O2S/c32-24(29-22-15-8-12-18-9-4-5-13-20(18)22)17-31-26(19-10-2-1-3-11-19)30-27-25(28(31)33)21-14-6-7-16-23(21)34-27/h1-5,8-13,15H,6-7,14,16-17H2,(H,29,32). The van der Waals surface area contributed by atoms with Crippen LogP contribution in [-0.2, 0) is 24.2 Å². The maximum absolute atomic E-state index is 13.8. The Morgan fingerprint density at radius 3 is 2.59 bits per heavy atom. The molecule has 0 bridgehead atoms. The molecule has 0 aliphatic heterocycles. The van der Waals surface area contributed by atoms with Gasteiger partial charge in [-0.15, -0.1) is 11.3 Å². The fraction of sp³-hybridized carbons (Fsp3) is 0.179. The largest absolute Gasteiger partial charge is 0.324 e. The molecule has 1 aliphatic carbocycles. The van der Waals surface area contributed by atoms with Crippen molar-refractivity contribution in [3.63, 3.8) is 0 Å². The Bertz CT molecular complexity index is 1600. The molecule has 0 unspecified atom stereocenters. The van der Waals surface area contributed by atoms with Crippen molar-refractivity contribution in [2.24, 2.45) is 0 Å². The number of aromatic nitrogens is 2. The van der Waals surface area contributed by atoms with E-state index in [0.717, 1.165) is 58.1 Å². The summed E-state index contributed by atoms with van der Waals surface area (Å²) in [7, 11) is 0. The fourth-order valence-corrected chi connectivity index (χ4v) is 6.11. The van der Waals surface area contributed by atoms with Crippen LogP contribution in [0.25, 0.3) is 32.4 Å². The average molecular weight is 466 g/mol. The van der Waals surface area contributed by atoms with Crippen LogP contribution in [0.1, 0.15) is 23.3 Å². The quantitative estimate of drug-likeness (QED) is 0.365. The molecule has 0 saturated heterocycles. The number of nitrogens with zero attached hydrogens (tertiary/aromatic N) is 2. The van der Waals surface area contributed by atoms with Crippen molar-refractivity contribution < 1.29 is 4.79 Å². The van der Waals surface area contributed by atoms with E-state index in [0.29, 0.717) is 11.2 Å². The molecule has 2 heterocycles. The summed E-state index contributed by atoms with van der Waals surface area (Å²) in [6.07, 6.45) is 4.13. The number of amides is 1. The van der Waals surface area contributed by atoms with E-state index in [9.17, 15) is 9.59 Å². The van der Waals surface area contributed by atoms with Crippen LogP contribution in [0.2, 0.25) is 0 Å². The van der Waals surface area contributed by atoms with E-state index in [4.69, 9.17) is 4.98 Å². The Hall–Kier alpha value is -3.77. The van der Waals surface area contributed by atoms with Gasteiger partial charge >= 0.3 is 0 Å². The first-order valence-corrected chi connectivity index (χ1v) is 12.4. The molecule has 6 rings (SSSR count). The van der Waals surface area contributed by atoms with E-state index in [1.54, 1.807) is 15.9 Å². The van der Waals surface area contributed by atoms with Gasteiger partial charge in [0.25, 0.3) is 5.56 Å². The molecule has 1 N–H and O–H groups in total. The van der Waals surface area contributed by atoms with Gasteiger partial charge in [-0.25, -0.2) is 4.98 Å². The number of nitrogens with one attached hydrogen (secondary N) is 1. The van der Waals surface area contributed by atoms with Crippen LogP contribution < -0.4 is 10.9 Å². The summed E-state index contributed by atoms with van der Waals surface area (Å²) < 4.78 is 1.54. The minimum atomic E-state index is -0.249. The topological polar surface area (TPSA) is 64.0 Å². The monoisotopic (exact) mass is 465 g/mol. The second kappa shape index (κ2) is 8.54. The van der Waals surface area contributed by atoms with E-state index in [-0.39, 0.29) is 18.0 Å². The highest BCUT2D eigenvalue weighted by atomic mass is 32.1. The lowest BCUT2D eigenvalue weighted by Crippen LogP contribution is -2.30. The van der Waals surface area contributed by atoms with E-state index < -0.39 is 0 Å². The van der Waals surface area contributed by atoms with Gasteiger partial charge in [-0.2, -0.15) is 0 Å². The van der Waals surface area contributed by atoms with Crippen LogP contribution >= 0.6 is 11.3 Å². The number of anilines is 1. The minimum Gasteiger partial charge on any atom is -0.324 e. The number of hydrogen-bond donors (Lipinski definition) is 1. The van der Waals surface area contributed by atoms with Gasteiger partial charge in [0, 0.05) is 21.5 Å². The van der Waals surface area contributed by atoms with Gasteiger partial charge in [0.05, 0.1) is 5.39 Å². The third kappa shape index (κ3) is 3.60. The molecule has 0 saturated carbocycles. The molecule has 34 heavy (non-hydrogen) atoms. The van der Waals surface area contributed by atoms with Gasteiger partial charge in [0.2, 0.25) is 5.91 Å². The predicted molar refractivity (Wildman–Crippen MR) is 139 cm³/mol. The molecule has 6 heteroatoms. The van der Waals surface area contributed by atoms with Crippen LogP contribution in [-0.4, -0.2) is 15.5 Å². The summed E-state index contributed by atoms with van der Waals surface area (Å²) in [4.78, 5) is 34.0. The normalized spacial score (nSPS) is 13.2. The van der Waals surface area contributed by atoms with Gasteiger partial charge < -0.3 is 5.32 Å².